The maximum Gasteiger partial charge on any atom is 0.166 e. The van der Waals surface area contributed by atoms with Gasteiger partial charge in [-0.2, -0.15) is 0 Å². The smallest absolute Gasteiger partial charge is 0.166 e. The van der Waals surface area contributed by atoms with Crippen LogP contribution in [0.2, 0.25) is 10.3 Å². The lowest BCUT2D eigenvalue weighted by Gasteiger charge is -2.10. The van der Waals surface area contributed by atoms with E-state index in [9.17, 15) is 0 Å². The molecule has 21 heavy (non-hydrogen) atoms. The van der Waals surface area contributed by atoms with Crippen molar-refractivity contribution in [2.75, 3.05) is 0 Å². The Balaban J connectivity index is 2.18. The van der Waals surface area contributed by atoms with Crippen molar-refractivity contribution < 1.29 is 4.42 Å². The lowest BCUT2D eigenvalue weighted by molar-refractivity contribution is 0.535. The van der Waals surface area contributed by atoms with Crippen LogP contribution in [0, 0.1) is 13.8 Å². The predicted octanol–water partition coefficient (Wildman–Crippen LogP) is 5.33. The van der Waals surface area contributed by atoms with Crippen LogP contribution in [0.4, 0.5) is 0 Å². The molecular weight excluding hydrogens is 307 g/mol. The van der Waals surface area contributed by atoms with Gasteiger partial charge in [0.15, 0.2) is 5.82 Å². The number of aromatic nitrogens is 2. The molecule has 0 saturated heterocycles. The first-order chi connectivity index (χ1) is 10.1. The summed E-state index contributed by atoms with van der Waals surface area (Å²) in [4.78, 5) is 8.73. The fourth-order valence-corrected chi connectivity index (χ4v) is 2.81. The molecule has 1 aromatic carbocycles. The van der Waals surface area contributed by atoms with Gasteiger partial charge in [-0.15, -0.1) is 0 Å². The number of benzene rings is 1. The van der Waals surface area contributed by atoms with Gasteiger partial charge in [0.1, 0.15) is 16.1 Å². The largest absolute Gasteiger partial charge is 0.469 e. The normalized spacial score (nSPS) is 10.9. The Morgan fingerprint density at radius 3 is 2.14 bits per heavy atom. The summed E-state index contributed by atoms with van der Waals surface area (Å²) in [6.45, 7) is 3.84. The summed E-state index contributed by atoms with van der Waals surface area (Å²) in [6, 6.07) is 9.64. The molecule has 0 spiro atoms. The first-order valence-corrected chi connectivity index (χ1v) is 7.17. The van der Waals surface area contributed by atoms with E-state index in [0.717, 1.165) is 22.5 Å². The Morgan fingerprint density at radius 1 is 0.905 bits per heavy atom. The van der Waals surface area contributed by atoms with Gasteiger partial charge in [-0.1, -0.05) is 47.5 Å². The highest BCUT2D eigenvalue weighted by molar-refractivity contribution is 6.38. The second-order valence-corrected chi connectivity index (χ2v) is 5.43. The molecule has 2 aromatic heterocycles. The van der Waals surface area contributed by atoms with E-state index in [2.05, 4.69) is 9.97 Å². The Kier molecular flexibility index (Phi) is 3.70. The zero-order valence-corrected chi connectivity index (χ0v) is 13.0. The van der Waals surface area contributed by atoms with Crippen molar-refractivity contribution in [3.05, 3.63) is 58.2 Å². The highest BCUT2D eigenvalue weighted by atomic mass is 35.5. The Morgan fingerprint density at radius 2 is 1.57 bits per heavy atom. The zero-order chi connectivity index (χ0) is 15.0. The molecule has 2 heterocycles. The molecule has 0 aliphatic carbocycles. The van der Waals surface area contributed by atoms with E-state index in [4.69, 9.17) is 27.6 Å². The lowest BCUT2D eigenvalue weighted by Crippen LogP contribution is -1.96. The third-order valence-electron chi connectivity index (χ3n) is 3.33. The Labute approximate surface area is 132 Å². The highest BCUT2D eigenvalue weighted by Crippen LogP contribution is 2.36. The minimum absolute atomic E-state index is 0.333. The molecule has 0 bridgehead atoms. The molecule has 0 atom stereocenters. The fourth-order valence-electron chi connectivity index (χ4n) is 2.22. The molecule has 0 fully saturated rings. The van der Waals surface area contributed by atoms with Gasteiger partial charge in [0.2, 0.25) is 0 Å². The van der Waals surface area contributed by atoms with Crippen molar-refractivity contribution in [3.63, 3.8) is 0 Å². The van der Waals surface area contributed by atoms with E-state index in [0.29, 0.717) is 21.7 Å². The predicted molar refractivity (Wildman–Crippen MR) is 84.7 cm³/mol. The topological polar surface area (TPSA) is 38.9 Å². The summed E-state index contributed by atoms with van der Waals surface area (Å²) in [5.74, 6) is 1.19. The van der Waals surface area contributed by atoms with Crippen LogP contribution in [0.5, 0.6) is 0 Å². The molecule has 0 radical (unpaired) electrons. The van der Waals surface area contributed by atoms with Gasteiger partial charge < -0.3 is 4.42 Å². The molecule has 3 rings (SSSR count). The lowest BCUT2D eigenvalue weighted by atomic mass is 10.0. The fraction of sp³-hybridized carbons (Fsp3) is 0.125. The third kappa shape index (κ3) is 2.55. The molecular formula is C16H12Cl2N2O. The van der Waals surface area contributed by atoms with Crippen molar-refractivity contribution in [3.8, 4) is 22.5 Å². The summed E-state index contributed by atoms with van der Waals surface area (Å²) in [5, 5.41) is 0.666. The molecule has 0 unspecified atom stereocenters. The second kappa shape index (κ2) is 5.51. The van der Waals surface area contributed by atoms with Gasteiger partial charge in [-0.05, 0) is 31.0 Å². The summed E-state index contributed by atoms with van der Waals surface area (Å²) in [5.41, 5.74) is 3.44. The monoisotopic (exact) mass is 318 g/mol. The van der Waals surface area contributed by atoms with Gasteiger partial charge in [-0.25, -0.2) is 9.97 Å². The van der Waals surface area contributed by atoms with Gasteiger partial charge in [-0.3, -0.25) is 0 Å². The van der Waals surface area contributed by atoms with Crippen LogP contribution < -0.4 is 0 Å². The third-order valence-corrected chi connectivity index (χ3v) is 3.88. The van der Waals surface area contributed by atoms with Gasteiger partial charge >= 0.3 is 0 Å². The number of nitrogens with zero attached hydrogens (tertiary/aromatic N) is 2. The molecule has 0 amide bonds. The molecule has 106 valence electrons. The summed E-state index contributed by atoms with van der Waals surface area (Å²) < 4.78 is 5.27. The minimum atomic E-state index is 0.333. The van der Waals surface area contributed by atoms with Crippen LogP contribution in [-0.2, 0) is 0 Å². The van der Waals surface area contributed by atoms with Gasteiger partial charge in [0, 0.05) is 0 Å². The van der Waals surface area contributed by atoms with Crippen LogP contribution in [-0.4, -0.2) is 9.97 Å². The minimum Gasteiger partial charge on any atom is -0.469 e. The van der Waals surface area contributed by atoms with Crippen LogP contribution in [0.3, 0.4) is 0 Å². The Bertz CT molecular complexity index is 789. The average molecular weight is 319 g/mol. The van der Waals surface area contributed by atoms with Crippen LogP contribution >= 0.6 is 23.2 Å². The van der Waals surface area contributed by atoms with E-state index < -0.39 is 0 Å². The number of hydrogen-bond donors (Lipinski definition) is 0. The van der Waals surface area contributed by atoms with E-state index in [-0.39, 0.29) is 0 Å². The van der Waals surface area contributed by atoms with Crippen molar-refractivity contribution in [1.82, 2.24) is 9.97 Å². The van der Waals surface area contributed by atoms with Crippen LogP contribution in [0.15, 0.2) is 41.0 Å². The number of hydrogen-bond acceptors (Lipinski definition) is 3. The molecule has 3 aromatic rings. The zero-order valence-electron chi connectivity index (χ0n) is 11.5. The molecule has 0 N–H and O–H groups in total. The van der Waals surface area contributed by atoms with Gasteiger partial charge in [0.05, 0.1) is 17.4 Å². The van der Waals surface area contributed by atoms with E-state index in [1.165, 1.54) is 0 Å². The van der Waals surface area contributed by atoms with Crippen molar-refractivity contribution in [1.29, 1.82) is 0 Å². The quantitative estimate of drug-likeness (QED) is 0.599. The molecule has 5 heteroatoms. The molecule has 0 saturated carbocycles. The summed E-state index contributed by atoms with van der Waals surface area (Å²) in [7, 11) is 0. The SMILES string of the molecule is Cc1ccccc1-c1c(Cl)nc(-c2ccoc2C)nc1Cl. The molecule has 0 aliphatic rings. The number of aryl methyl sites for hydroxylation is 2. The second-order valence-electron chi connectivity index (χ2n) is 4.71. The van der Waals surface area contributed by atoms with Gasteiger partial charge in [0.25, 0.3) is 0 Å². The maximum atomic E-state index is 6.34. The standard InChI is InChI=1S/C16H12Cl2N2O/c1-9-5-3-4-6-11(9)13-14(17)19-16(20-15(13)18)12-7-8-21-10(12)2/h3-8H,1-2H3. The Hall–Kier alpha value is -1.84. The number of furan rings is 1. The highest BCUT2D eigenvalue weighted by Gasteiger charge is 2.17. The van der Waals surface area contributed by atoms with Crippen molar-refractivity contribution in [2.45, 2.75) is 13.8 Å². The number of rotatable bonds is 2. The first kappa shape index (κ1) is 14.1. The van der Waals surface area contributed by atoms with Crippen molar-refractivity contribution in [2.24, 2.45) is 0 Å². The van der Waals surface area contributed by atoms with Crippen molar-refractivity contribution >= 4 is 23.2 Å². The molecule has 0 aliphatic heterocycles. The summed E-state index contributed by atoms with van der Waals surface area (Å²) >= 11 is 12.7. The maximum absolute atomic E-state index is 6.34. The van der Waals surface area contributed by atoms with Crippen LogP contribution in [0.1, 0.15) is 11.3 Å². The number of halogens is 2. The van der Waals surface area contributed by atoms with E-state index in [1.54, 1.807) is 12.3 Å². The van der Waals surface area contributed by atoms with E-state index >= 15 is 0 Å². The average Bonchev–Trinajstić information content (AvgIpc) is 2.86. The van der Waals surface area contributed by atoms with E-state index in [1.807, 2.05) is 38.1 Å². The van der Waals surface area contributed by atoms with Crippen LogP contribution in [0.25, 0.3) is 22.5 Å². The first-order valence-electron chi connectivity index (χ1n) is 6.41. The summed E-state index contributed by atoms with van der Waals surface area (Å²) in [6.07, 6.45) is 1.59. The molecule has 3 nitrogen and oxygen atoms in total.